The van der Waals surface area contributed by atoms with Gasteiger partial charge in [0.15, 0.2) is 0 Å². The van der Waals surface area contributed by atoms with E-state index < -0.39 is 5.97 Å². The molecule has 0 aliphatic carbocycles. The molecule has 1 aliphatic heterocycles. The molecule has 1 aliphatic rings. The zero-order chi connectivity index (χ0) is 13.8. The third-order valence-corrected chi connectivity index (χ3v) is 3.29. The van der Waals surface area contributed by atoms with Crippen molar-refractivity contribution >= 4 is 12.0 Å². The van der Waals surface area contributed by atoms with Crippen LogP contribution in [-0.2, 0) is 11.3 Å². The van der Waals surface area contributed by atoms with E-state index in [0.29, 0.717) is 19.6 Å². The van der Waals surface area contributed by atoms with Gasteiger partial charge in [0.05, 0.1) is 6.42 Å². The van der Waals surface area contributed by atoms with Gasteiger partial charge in [-0.3, -0.25) is 4.79 Å². The van der Waals surface area contributed by atoms with Crippen molar-refractivity contribution in [3.63, 3.8) is 0 Å². The molecule has 0 aromatic heterocycles. The first kappa shape index (κ1) is 13.4. The molecule has 2 amide bonds. The molecular formula is C14H18N2O3. The topological polar surface area (TPSA) is 60.9 Å². The number of carboxylic acids is 1. The van der Waals surface area contributed by atoms with Gasteiger partial charge in [-0.1, -0.05) is 30.3 Å². The first-order valence-corrected chi connectivity index (χ1v) is 6.32. The summed E-state index contributed by atoms with van der Waals surface area (Å²) in [6.07, 6.45) is 0.100. The molecule has 0 bridgehead atoms. The molecule has 102 valence electrons. The smallest absolute Gasteiger partial charge is 0.320 e. The maximum Gasteiger partial charge on any atom is 0.320 e. The summed E-state index contributed by atoms with van der Waals surface area (Å²) in [6.45, 7) is 1.54. The van der Waals surface area contributed by atoms with Gasteiger partial charge in [-0.15, -0.1) is 0 Å². The summed E-state index contributed by atoms with van der Waals surface area (Å²) < 4.78 is 0. The van der Waals surface area contributed by atoms with Gasteiger partial charge >= 0.3 is 12.0 Å². The molecule has 19 heavy (non-hydrogen) atoms. The average Bonchev–Trinajstić information content (AvgIpc) is 2.36. The van der Waals surface area contributed by atoms with E-state index in [1.165, 1.54) is 0 Å². The zero-order valence-electron chi connectivity index (χ0n) is 11.0. The van der Waals surface area contributed by atoms with E-state index >= 15 is 0 Å². The predicted octanol–water partition coefficient (Wildman–Crippen LogP) is 1.64. The van der Waals surface area contributed by atoms with Crippen LogP contribution in [0.2, 0.25) is 0 Å². The molecule has 0 radical (unpaired) electrons. The van der Waals surface area contributed by atoms with Crippen LogP contribution in [0.25, 0.3) is 0 Å². The minimum Gasteiger partial charge on any atom is -0.481 e. The van der Waals surface area contributed by atoms with Crippen molar-refractivity contribution in [2.24, 2.45) is 5.92 Å². The third-order valence-electron chi connectivity index (χ3n) is 3.29. The van der Waals surface area contributed by atoms with Crippen LogP contribution >= 0.6 is 0 Å². The Morgan fingerprint density at radius 2 is 2.00 bits per heavy atom. The monoisotopic (exact) mass is 262 g/mol. The van der Waals surface area contributed by atoms with Gasteiger partial charge in [-0.2, -0.15) is 0 Å². The summed E-state index contributed by atoms with van der Waals surface area (Å²) >= 11 is 0. The largest absolute Gasteiger partial charge is 0.481 e. The Morgan fingerprint density at radius 3 is 2.63 bits per heavy atom. The van der Waals surface area contributed by atoms with Crippen molar-refractivity contribution in [2.75, 3.05) is 20.1 Å². The van der Waals surface area contributed by atoms with E-state index in [4.69, 9.17) is 5.11 Å². The average molecular weight is 262 g/mol. The summed E-state index contributed by atoms with van der Waals surface area (Å²) in [7, 11) is 1.72. The van der Waals surface area contributed by atoms with Crippen molar-refractivity contribution < 1.29 is 14.7 Å². The van der Waals surface area contributed by atoms with E-state index in [1.54, 1.807) is 16.8 Å². The van der Waals surface area contributed by atoms with Crippen molar-refractivity contribution in [3.8, 4) is 0 Å². The van der Waals surface area contributed by atoms with E-state index in [9.17, 15) is 9.59 Å². The first-order valence-electron chi connectivity index (χ1n) is 6.32. The van der Waals surface area contributed by atoms with Crippen LogP contribution in [-0.4, -0.2) is 47.0 Å². The van der Waals surface area contributed by atoms with Gasteiger partial charge in [0.1, 0.15) is 0 Å². The summed E-state index contributed by atoms with van der Waals surface area (Å²) in [5.41, 5.74) is 1.06. The minimum atomic E-state index is -0.813. The fraction of sp³-hybridized carbons (Fsp3) is 0.429. The molecule has 1 fully saturated rings. The van der Waals surface area contributed by atoms with Gasteiger partial charge in [0.2, 0.25) is 0 Å². The lowest BCUT2D eigenvalue weighted by atomic mass is 10.0. The van der Waals surface area contributed by atoms with Crippen LogP contribution in [0.3, 0.4) is 0 Å². The third kappa shape index (κ3) is 3.47. The fourth-order valence-corrected chi connectivity index (χ4v) is 2.47. The Morgan fingerprint density at radius 1 is 1.32 bits per heavy atom. The zero-order valence-corrected chi connectivity index (χ0v) is 11.0. The number of rotatable bonds is 4. The Labute approximate surface area is 112 Å². The van der Waals surface area contributed by atoms with Gasteiger partial charge in [0, 0.05) is 32.6 Å². The number of carbonyl (C=O) groups excluding carboxylic acids is 1. The van der Waals surface area contributed by atoms with Crippen molar-refractivity contribution in [3.05, 3.63) is 35.9 Å². The Balaban J connectivity index is 2.05. The number of carboxylic acid groups (broad SMARTS) is 1. The van der Waals surface area contributed by atoms with Gasteiger partial charge in [0.25, 0.3) is 0 Å². The molecular weight excluding hydrogens is 244 g/mol. The van der Waals surface area contributed by atoms with Gasteiger partial charge in [-0.25, -0.2) is 4.79 Å². The maximum atomic E-state index is 12.1. The normalized spacial score (nSPS) is 19.6. The minimum absolute atomic E-state index is 0.0103. The summed E-state index contributed by atoms with van der Waals surface area (Å²) in [5.74, 6) is -0.823. The molecule has 0 spiro atoms. The number of carbonyl (C=O) groups is 2. The molecule has 1 heterocycles. The van der Waals surface area contributed by atoms with Crippen molar-refractivity contribution in [1.82, 2.24) is 9.80 Å². The second kappa shape index (κ2) is 5.73. The van der Waals surface area contributed by atoms with Crippen LogP contribution < -0.4 is 0 Å². The number of urea groups is 1. The molecule has 1 N–H and O–H groups in total. The Kier molecular flexibility index (Phi) is 4.04. The van der Waals surface area contributed by atoms with E-state index in [0.717, 1.165) is 5.56 Å². The van der Waals surface area contributed by atoms with E-state index in [1.807, 2.05) is 30.3 Å². The highest BCUT2D eigenvalue weighted by atomic mass is 16.4. The summed E-state index contributed by atoms with van der Waals surface area (Å²) in [6, 6.07) is 9.69. The number of hydrogen-bond acceptors (Lipinski definition) is 2. The highest BCUT2D eigenvalue weighted by molar-refractivity contribution is 5.75. The molecule has 5 heteroatoms. The van der Waals surface area contributed by atoms with Gasteiger partial charge in [-0.05, 0) is 5.56 Å². The highest BCUT2D eigenvalue weighted by Crippen LogP contribution is 2.18. The lowest BCUT2D eigenvalue weighted by Gasteiger charge is -2.38. The van der Waals surface area contributed by atoms with Crippen LogP contribution in [0.5, 0.6) is 0 Å². The molecule has 5 nitrogen and oxygen atoms in total. The second-order valence-corrected chi connectivity index (χ2v) is 4.99. The number of hydrogen-bond donors (Lipinski definition) is 1. The molecule has 1 unspecified atom stereocenters. The van der Waals surface area contributed by atoms with Crippen LogP contribution in [0.1, 0.15) is 12.0 Å². The van der Waals surface area contributed by atoms with Crippen molar-refractivity contribution in [2.45, 2.75) is 13.0 Å². The maximum absolute atomic E-state index is 12.1. The highest BCUT2D eigenvalue weighted by Gasteiger charge is 2.30. The second-order valence-electron chi connectivity index (χ2n) is 4.99. The number of amides is 2. The standard InChI is InChI=1S/C14H18N2O3/c1-15-8-12(7-13(17)18)10-16(14(15)19)9-11-5-3-2-4-6-11/h2-6,12H,7-10H2,1H3,(H,17,18). The summed E-state index contributed by atoms with van der Waals surface area (Å²) in [5, 5.41) is 8.87. The molecule has 1 saturated heterocycles. The molecule has 1 aromatic rings. The fourth-order valence-electron chi connectivity index (χ4n) is 2.47. The number of nitrogens with zero attached hydrogens (tertiary/aromatic N) is 2. The van der Waals surface area contributed by atoms with Crippen LogP contribution in [0.15, 0.2) is 30.3 Å². The lowest BCUT2D eigenvalue weighted by Crippen LogP contribution is -2.51. The molecule has 1 atom stereocenters. The van der Waals surface area contributed by atoms with E-state index in [-0.39, 0.29) is 18.4 Å². The number of aliphatic carboxylic acids is 1. The van der Waals surface area contributed by atoms with E-state index in [2.05, 4.69) is 0 Å². The van der Waals surface area contributed by atoms with Crippen molar-refractivity contribution in [1.29, 1.82) is 0 Å². The number of benzene rings is 1. The van der Waals surface area contributed by atoms with Crippen LogP contribution in [0.4, 0.5) is 4.79 Å². The Hall–Kier alpha value is -2.04. The molecule has 0 saturated carbocycles. The predicted molar refractivity (Wildman–Crippen MR) is 70.6 cm³/mol. The Bertz CT molecular complexity index is 461. The first-order chi connectivity index (χ1) is 9.06. The summed E-state index contributed by atoms with van der Waals surface area (Å²) in [4.78, 5) is 26.2. The van der Waals surface area contributed by atoms with Gasteiger partial charge < -0.3 is 14.9 Å². The molecule has 1 aromatic carbocycles. The SMILES string of the molecule is CN1CC(CC(=O)O)CN(Cc2ccccc2)C1=O. The van der Waals surface area contributed by atoms with Crippen LogP contribution in [0, 0.1) is 5.92 Å². The molecule has 2 rings (SSSR count). The lowest BCUT2D eigenvalue weighted by molar-refractivity contribution is -0.138. The quantitative estimate of drug-likeness (QED) is 0.897.